The number of carbonyl (C=O) groups excluding carboxylic acids is 1. The maximum Gasteiger partial charge on any atom is 2.00 e. The second-order valence-corrected chi connectivity index (χ2v) is 3.01. The van der Waals surface area contributed by atoms with Gasteiger partial charge < -0.3 is 7.59 Å². The Hall–Kier alpha value is 0.0362. The van der Waals surface area contributed by atoms with Crippen LogP contribution in [0.25, 0.3) is 0 Å². The molecule has 0 bridgehead atoms. The summed E-state index contributed by atoms with van der Waals surface area (Å²) in [6.45, 7) is 1.31. The fourth-order valence-corrected chi connectivity index (χ4v) is 1.16. The monoisotopic (exact) mass is 230 g/mol. The number of carbonyl (C=O) groups is 1. The third-order valence-corrected chi connectivity index (χ3v) is 1.68. The minimum absolute atomic E-state index is 0. The molecule has 0 saturated carbocycles. The van der Waals surface area contributed by atoms with E-state index in [9.17, 15) is 4.79 Å². The molecular formula is C8H8Cl2MgO2. The molecule has 0 spiro atoms. The van der Waals surface area contributed by atoms with E-state index in [1.54, 1.807) is 12.1 Å². The molecule has 0 N–H and O–H groups in total. The molecule has 2 nitrogen and oxygen atoms in total. The molecule has 0 saturated heterocycles. The zero-order valence-corrected chi connectivity index (χ0v) is 9.94. The van der Waals surface area contributed by atoms with Crippen LogP contribution in [0.15, 0.2) is 18.2 Å². The number of esters is 1. The van der Waals surface area contributed by atoms with Crippen LogP contribution >= 0.6 is 23.2 Å². The minimum atomic E-state index is -0.403. The van der Waals surface area contributed by atoms with Gasteiger partial charge in [0.25, 0.3) is 0 Å². The summed E-state index contributed by atoms with van der Waals surface area (Å²) in [6, 6.07) is 4.67. The average Bonchev–Trinajstić information content (AvgIpc) is 1.94. The zero-order valence-electron chi connectivity index (χ0n) is 9.01. The van der Waals surface area contributed by atoms with E-state index in [2.05, 4.69) is 0 Å². The summed E-state index contributed by atoms with van der Waals surface area (Å²) in [5.41, 5.74) is 0. The van der Waals surface area contributed by atoms with Gasteiger partial charge in [0.1, 0.15) is 5.75 Å². The van der Waals surface area contributed by atoms with Gasteiger partial charge in [-0.15, -0.1) is 0 Å². The van der Waals surface area contributed by atoms with E-state index in [0.29, 0.717) is 15.8 Å². The van der Waals surface area contributed by atoms with Gasteiger partial charge >= 0.3 is 29.0 Å². The Morgan fingerprint density at radius 1 is 1.46 bits per heavy atom. The van der Waals surface area contributed by atoms with Gasteiger partial charge in [0, 0.05) is 11.9 Å². The van der Waals surface area contributed by atoms with E-state index in [1.165, 1.54) is 13.0 Å². The standard InChI is InChI=1S/C8H6Cl2O2.Mg.2H/c1-5(11)12-8-3-2-6(9)4-7(8)10;;;/h2-4H,1H3;;;/q;+2;2*-1. The molecule has 1 aromatic rings. The van der Waals surface area contributed by atoms with Crippen LogP contribution in [0.3, 0.4) is 0 Å². The van der Waals surface area contributed by atoms with Crippen LogP contribution in [0.5, 0.6) is 5.75 Å². The van der Waals surface area contributed by atoms with Gasteiger partial charge in [-0.3, -0.25) is 4.79 Å². The Balaban J connectivity index is -0.000000480. The van der Waals surface area contributed by atoms with E-state index in [0.717, 1.165) is 0 Å². The summed E-state index contributed by atoms with van der Waals surface area (Å²) >= 11 is 11.3. The van der Waals surface area contributed by atoms with Crippen molar-refractivity contribution in [2.75, 3.05) is 0 Å². The quantitative estimate of drug-likeness (QED) is 0.422. The fraction of sp³-hybridized carbons (Fsp3) is 0.125. The summed E-state index contributed by atoms with van der Waals surface area (Å²) < 4.78 is 4.77. The predicted octanol–water partition coefficient (Wildman–Crippen LogP) is 2.76. The molecule has 1 rings (SSSR count). The second kappa shape index (κ2) is 5.70. The Kier molecular flexibility index (Phi) is 5.72. The number of halogens is 2. The predicted molar refractivity (Wildman–Crippen MR) is 55.7 cm³/mol. The van der Waals surface area contributed by atoms with Gasteiger partial charge in [0.2, 0.25) is 0 Å². The van der Waals surface area contributed by atoms with Crippen LogP contribution in [-0.2, 0) is 4.79 Å². The molecular weight excluding hydrogens is 223 g/mol. The molecule has 68 valence electrons. The van der Waals surface area contributed by atoms with Crippen LogP contribution in [0.1, 0.15) is 9.78 Å². The van der Waals surface area contributed by atoms with Crippen LogP contribution in [0.2, 0.25) is 10.0 Å². The smallest absolute Gasteiger partial charge is 1.00 e. The topological polar surface area (TPSA) is 26.3 Å². The maximum absolute atomic E-state index is 10.5. The van der Waals surface area contributed by atoms with Crippen molar-refractivity contribution in [3.8, 4) is 5.75 Å². The van der Waals surface area contributed by atoms with Crippen molar-refractivity contribution in [1.82, 2.24) is 0 Å². The van der Waals surface area contributed by atoms with Gasteiger partial charge in [0.05, 0.1) is 5.02 Å². The minimum Gasteiger partial charge on any atom is -1.00 e. The Morgan fingerprint density at radius 3 is 2.54 bits per heavy atom. The van der Waals surface area contributed by atoms with E-state index >= 15 is 0 Å². The maximum atomic E-state index is 10.5. The van der Waals surface area contributed by atoms with Crippen molar-refractivity contribution in [2.24, 2.45) is 0 Å². The SMILES string of the molecule is CC(=O)Oc1ccc(Cl)cc1Cl.[H-].[H-].[Mg+2]. The molecule has 0 radical (unpaired) electrons. The molecule has 0 amide bonds. The van der Waals surface area contributed by atoms with E-state index in [1.807, 2.05) is 0 Å². The van der Waals surface area contributed by atoms with Crippen molar-refractivity contribution in [3.63, 3.8) is 0 Å². The second-order valence-electron chi connectivity index (χ2n) is 2.17. The molecule has 1 aromatic carbocycles. The number of rotatable bonds is 1. The zero-order chi connectivity index (χ0) is 9.14. The van der Waals surface area contributed by atoms with Gasteiger partial charge in [-0.25, -0.2) is 0 Å². The molecule has 0 aliphatic carbocycles. The summed E-state index contributed by atoms with van der Waals surface area (Å²) in [5, 5.41) is 0.841. The Labute approximate surface area is 105 Å². The normalized spacial score (nSPS) is 8.85. The largest absolute Gasteiger partial charge is 2.00 e. The summed E-state index contributed by atoms with van der Waals surface area (Å²) in [7, 11) is 0. The van der Waals surface area contributed by atoms with Crippen LogP contribution < -0.4 is 4.74 Å². The molecule has 5 heteroatoms. The van der Waals surface area contributed by atoms with E-state index in [4.69, 9.17) is 27.9 Å². The Bertz CT molecular complexity index is 324. The molecule has 0 unspecified atom stereocenters. The molecule has 13 heavy (non-hydrogen) atoms. The average molecular weight is 231 g/mol. The summed E-state index contributed by atoms with van der Waals surface area (Å²) in [5.74, 6) is -0.0761. The molecule has 0 aliphatic rings. The van der Waals surface area contributed by atoms with Crippen LogP contribution in [-0.4, -0.2) is 29.0 Å². The number of hydrogen-bond acceptors (Lipinski definition) is 2. The fourth-order valence-electron chi connectivity index (χ4n) is 0.713. The summed E-state index contributed by atoms with van der Waals surface area (Å²) in [4.78, 5) is 10.5. The van der Waals surface area contributed by atoms with Crippen molar-refractivity contribution >= 4 is 52.2 Å². The molecule has 0 heterocycles. The first-order chi connectivity index (χ1) is 5.59. The first kappa shape index (κ1) is 13.0. The third-order valence-electron chi connectivity index (χ3n) is 1.15. The molecule has 0 atom stereocenters. The van der Waals surface area contributed by atoms with Crippen LogP contribution in [0, 0.1) is 0 Å². The molecule has 0 fully saturated rings. The van der Waals surface area contributed by atoms with E-state index < -0.39 is 5.97 Å². The van der Waals surface area contributed by atoms with Crippen molar-refractivity contribution in [2.45, 2.75) is 6.92 Å². The first-order valence-electron chi connectivity index (χ1n) is 3.23. The van der Waals surface area contributed by atoms with Gasteiger partial charge in [-0.2, -0.15) is 0 Å². The Morgan fingerprint density at radius 2 is 2.08 bits per heavy atom. The van der Waals surface area contributed by atoms with Crippen LogP contribution in [0.4, 0.5) is 0 Å². The summed E-state index contributed by atoms with van der Waals surface area (Å²) in [6.07, 6.45) is 0. The number of ether oxygens (including phenoxy) is 1. The van der Waals surface area contributed by atoms with Gasteiger partial charge in [-0.05, 0) is 18.2 Å². The molecule has 0 aliphatic heterocycles. The van der Waals surface area contributed by atoms with Crippen molar-refractivity contribution in [1.29, 1.82) is 0 Å². The van der Waals surface area contributed by atoms with E-state index in [-0.39, 0.29) is 25.9 Å². The number of benzene rings is 1. The van der Waals surface area contributed by atoms with Crippen molar-refractivity contribution < 1.29 is 12.4 Å². The van der Waals surface area contributed by atoms with Gasteiger partial charge in [0.15, 0.2) is 0 Å². The molecule has 0 aromatic heterocycles. The van der Waals surface area contributed by atoms with Crippen molar-refractivity contribution in [3.05, 3.63) is 28.2 Å². The first-order valence-corrected chi connectivity index (χ1v) is 3.98. The van der Waals surface area contributed by atoms with Gasteiger partial charge in [-0.1, -0.05) is 23.2 Å². The third kappa shape index (κ3) is 4.18. The number of hydrogen-bond donors (Lipinski definition) is 0.